The first-order valence-electron chi connectivity index (χ1n) is 16.7. The Balaban J connectivity index is 1.27. The number of hydrogen-bond acceptors (Lipinski definition) is 1. The molecule has 9 rings (SSSR count). The largest absolute Gasteiger partial charge is 0.456 e. The van der Waals surface area contributed by atoms with Gasteiger partial charge in [-0.3, -0.25) is 0 Å². The van der Waals surface area contributed by atoms with E-state index in [0.29, 0.717) is 0 Å². The average Bonchev–Trinajstić information content (AvgIpc) is 3.54. The van der Waals surface area contributed by atoms with E-state index in [4.69, 9.17) is 4.42 Å². The molecular weight excluding hydrogens is 593 g/mol. The summed E-state index contributed by atoms with van der Waals surface area (Å²) >= 11 is 0. The van der Waals surface area contributed by atoms with Crippen molar-refractivity contribution in [1.82, 2.24) is 0 Å². The molecule has 0 atom stereocenters. The van der Waals surface area contributed by atoms with E-state index in [9.17, 15) is 0 Å². The summed E-state index contributed by atoms with van der Waals surface area (Å²) in [4.78, 5) is 0. The second-order valence-corrected chi connectivity index (χ2v) is 12.5. The quantitative estimate of drug-likeness (QED) is 0.168. The molecule has 0 aliphatic carbocycles. The summed E-state index contributed by atoms with van der Waals surface area (Å²) in [6.07, 6.45) is 3.60. The lowest BCUT2D eigenvalue weighted by Gasteiger charge is -2.20. The maximum Gasteiger partial charge on any atom is 0.135 e. The zero-order valence-corrected chi connectivity index (χ0v) is 27.0. The number of rotatable bonds is 6. The van der Waals surface area contributed by atoms with Crippen molar-refractivity contribution in [2.45, 2.75) is 0 Å². The molecule has 0 N–H and O–H groups in total. The summed E-state index contributed by atoms with van der Waals surface area (Å²) in [7, 11) is 0. The number of hydrogen-bond donors (Lipinski definition) is 0. The maximum atomic E-state index is 6.03. The zero-order valence-electron chi connectivity index (χ0n) is 27.0. The number of furan rings is 1. The van der Waals surface area contributed by atoms with E-state index in [0.717, 1.165) is 33.4 Å². The molecule has 1 aromatic heterocycles. The van der Waals surface area contributed by atoms with Crippen molar-refractivity contribution in [2.75, 3.05) is 0 Å². The summed E-state index contributed by atoms with van der Waals surface area (Å²) in [5, 5.41) is 8.47. The first-order valence-corrected chi connectivity index (χ1v) is 16.7. The van der Waals surface area contributed by atoms with Crippen LogP contribution in [0.15, 0.2) is 175 Å². The summed E-state index contributed by atoms with van der Waals surface area (Å²) in [6, 6.07) is 57.3. The van der Waals surface area contributed by atoms with Gasteiger partial charge in [-0.15, -0.1) is 0 Å². The highest BCUT2D eigenvalue weighted by Gasteiger charge is 2.19. The minimum Gasteiger partial charge on any atom is -0.456 e. The third-order valence-corrected chi connectivity index (χ3v) is 9.82. The lowest BCUT2D eigenvalue weighted by molar-refractivity contribution is 0.603. The first-order chi connectivity index (χ1) is 24.2. The van der Waals surface area contributed by atoms with Crippen LogP contribution >= 0.6 is 0 Å². The van der Waals surface area contributed by atoms with E-state index in [1.165, 1.54) is 65.7 Å². The predicted octanol–water partition coefficient (Wildman–Crippen LogP) is 13.8. The zero-order chi connectivity index (χ0) is 32.9. The highest BCUT2D eigenvalue weighted by atomic mass is 16.3. The molecule has 0 fully saturated rings. The molecule has 1 heterocycles. The van der Waals surface area contributed by atoms with Gasteiger partial charge in [0.1, 0.15) is 11.3 Å². The maximum absolute atomic E-state index is 6.03. The van der Waals surface area contributed by atoms with Gasteiger partial charge in [-0.25, -0.2) is 0 Å². The van der Waals surface area contributed by atoms with Crippen LogP contribution in [0.25, 0.3) is 99.9 Å². The normalized spacial score (nSPS) is 11.4. The van der Waals surface area contributed by atoms with Gasteiger partial charge < -0.3 is 4.42 Å². The van der Waals surface area contributed by atoms with Gasteiger partial charge in [0, 0.05) is 10.9 Å². The molecule has 1 nitrogen and oxygen atoms in total. The van der Waals surface area contributed by atoms with Crippen molar-refractivity contribution in [3.8, 4) is 44.5 Å². The summed E-state index contributed by atoms with van der Waals surface area (Å²) in [5.74, 6) is 0.746. The molecule has 0 spiro atoms. The molecule has 0 bridgehead atoms. The summed E-state index contributed by atoms with van der Waals surface area (Å²) in [6.45, 7) is 7.96. The van der Waals surface area contributed by atoms with Gasteiger partial charge in [-0.1, -0.05) is 153 Å². The molecule has 0 aliphatic rings. The Morgan fingerprint density at radius 3 is 1.69 bits per heavy atom. The molecular formula is C48H32O. The molecule has 8 aromatic carbocycles. The van der Waals surface area contributed by atoms with Crippen LogP contribution in [0, 0.1) is 0 Å². The molecule has 0 aliphatic heterocycles. The van der Waals surface area contributed by atoms with Crippen LogP contribution in [0.4, 0.5) is 0 Å². The van der Waals surface area contributed by atoms with Crippen molar-refractivity contribution in [2.24, 2.45) is 0 Å². The van der Waals surface area contributed by atoms with Crippen LogP contribution in [-0.4, -0.2) is 0 Å². The third kappa shape index (κ3) is 4.71. The Labute approximate surface area is 285 Å². The van der Waals surface area contributed by atoms with Crippen LogP contribution in [0.2, 0.25) is 0 Å². The Morgan fingerprint density at radius 1 is 0.388 bits per heavy atom. The Hall–Kier alpha value is -6.44. The molecule has 0 amide bonds. The fraction of sp³-hybridized carbons (Fsp3) is 0. The molecule has 0 saturated carbocycles. The van der Waals surface area contributed by atoms with Crippen molar-refractivity contribution in [3.63, 3.8) is 0 Å². The molecule has 49 heavy (non-hydrogen) atoms. The van der Waals surface area contributed by atoms with Gasteiger partial charge in [0.2, 0.25) is 0 Å². The Morgan fingerprint density at radius 2 is 0.980 bits per heavy atom. The molecule has 1 heteroatoms. The molecule has 0 radical (unpaired) electrons. The van der Waals surface area contributed by atoms with Gasteiger partial charge in [0.05, 0.1) is 0 Å². The van der Waals surface area contributed by atoms with Gasteiger partial charge in [0.25, 0.3) is 0 Å². The second kappa shape index (κ2) is 11.7. The van der Waals surface area contributed by atoms with E-state index < -0.39 is 0 Å². The van der Waals surface area contributed by atoms with Crippen LogP contribution in [-0.2, 0) is 0 Å². The first kappa shape index (κ1) is 28.8. The van der Waals surface area contributed by atoms with Crippen molar-refractivity contribution in [1.29, 1.82) is 0 Å². The van der Waals surface area contributed by atoms with Gasteiger partial charge in [0.15, 0.2) is 0 Å². The molecule has 230 valence electrons. The van der Waals surface area contributed by atoms with Crippen molar-refractivity contribution in [3.05, 3.63) is 182 Å². The van der Waals surface area contributed by atoms with Gasteiger partial charge in [-0.05, 0) is 107 Å². The standard InChI is InChI=1S/C48H32O/c1-3-37-44-30-34(26-27-46(44)49-45(37)4-2)33-16-13-17-36(29-33)47-40-20-9-11-22-42(40)48(43-23-12-10-21-41(43)47)39-19-8-7-18-38(39)35-25-24-31-14-5-6-15-32(31)28-35/h3-30H,1-2H2. The smallest absolute Gasteiger partial charge is 0.135 e. The fourth-order valence-electron chi connectivity index (χ4n) is 7.57. The van der Waals surface area contributed by atoms with E-state index in [-0.39, 0.29) is 0 Å². The molecule has 0 unspecified atom stereocenters. The van der Waals surface area contributed by atoms with Crippen LogP contribution in [0.1, 0.15) is 11.3 Å². The monoisotopic (exact) mass is 624 g/mol. The van der Waals surface area contributed by atoms with Gasteiger partial charge in [-0.2, -0.15) is 0 Å². The molecule has 0 saturated heterocycles. The minimum absolute atomic E-state index is 0.746. The number of benzene rings is 8. The predicted molar refractivity (Wildman–Crippen MR) is 211 cm³/mol. The fourth-order valence-corrected chi connectivity index (χ4v) is 7.57. The minimum atomic E-state index is 0.746. The van der Waals surface area contributed by atoms with Crippen LogP contribution in [0.3, 0.4) is 0 Å². The third-order valence-electron chi connectivity index (χ3n) is 9.82. The van der Waals surface area contributed by atoms with E-state index >= 15 is 0 Å². The lowest BCUT2D eigenvalue weighted by atomic mass is 9.83. The molecule has 9 aromatic rings. The summed E-state index contributed by atoms with van der Waals surface area (Å²) in [5.41, 5.74) is 11.4. The second-order valence-electron chi connectivity index (χ2n) is 12.5. The Bertz CT molecular complexity index is 2700. The average molecular weight is 625 g/mol. The van der Waals surface area contributed by atoms with E-state index in [1.807, 2.05) is 12.1 Å². The highest BCUT2D eigenvalue weighted by Crippen LogP contribution is 2.46. The van der Waals surface area contributed by atoms with Crippen molar-refractivity contribution < 1.29 is 4.42 Å². The van der Waals surface area contributed by atoms with Crippen molar-refractivity contribution >= 4 is 55.4 Å². The topological polar surface area (TPSA) is 13.1 Å². The van der Waals surface area contributed by atoms with E-state index in [1.54, 1.807) is 6.08 Å². The highest BCUT2D eigenvalue weighted by molar-refractivity contribution is 6.22. The van der Waals surface area contributed by atoms with E-state index in [2.05, 4.69) is 165 Å². The SMILES string of the molecule is C=Cc1oc2ccc(-c3cccc(-c4c5ccccc5c(-c5ccccc5-c5ccc6ccccc6c5)c5ccccc45)c3)cc2c1C=C. The lowest BCUT2D eigenvalue weighted by Crippen LogP contribution is -1.93. The Kier molecular flexibility index (Phi) is 6.85. The number of fused-ring (bicyclic) bond motifs is 4. The van der Waals surface area contributed by atoms with Gasteiger partial charge >= 0.3 is 0 Å². The summed E-state index contributed by atoms with van der Waals surface area (Å²) < 4.78 is 6.03. The van der Waals surface area contributed by atoms with Crippen LogP contribution in [0.5, 0.6) is 0 Å². The van der Waals surface area contributed by atoms with Crippen LogP contribution < -0.4 is 0 Å².